The lowest BCUT2D eigenvalue weighted by Crippen LogP contribution is -2.09. The summed E-state index contributed by atoms with van der Waals surface area (Å²) in [5.74, 6) is -4.55. The van der Waals surface area contributed by atoms with Crippen LogP contribution in [0.1, 0.15) is 31.1 Å². The molecule has 0 heterocycles. The van der Waals surface area contributed by atoms with Crippen LogP contribution in [0.3, 0.4) is 0 Å². The summed E-state index contributed by atoms with van der Waals surface area (Å²) in [6.45, 7) is 0. The van der Waals surface area contributed by atoms with Gasteiger partial charge in [0, 0.05) is 0 Å². The van der Waals surface area contributed by atoms with Gasteiger partial charge in [0.15, 0.2) is 0 Å². The third kappa shape index (κ3) is 1.92. The van der Waals surface area contributed by atoms with Gasteiger partial charge in [-0.1, -0.05) is 0 Å². The number of benzene rings is 1. The Morgan fingerprint density at radius 3 is 1.50 bits per heavy atom. The maximum atomic E-state index is 10.7. The van der Waals surface area contributed by atoms with Gasteiger partial charge in [0.2, 0.25) is 0 Å². The van der Waals surface area contributed by atoms with Crippen molar-refractivity contribution < 1.29 is 29.7 Å². The molecule has 0 atom stereocenters. The third-order valence-corrected chi connectivity index (χ3v) is 1.85. The highest BCUT2D eigenvalue weighted by Gasteiger charge is 2.20. The van der Waals surface area contributed by atoms with Crippen molar-refractivity contribution in [3.63, 3.8) is 0 Å². The van der Waals surface area contributed by atoms with E-state index in [1.807, 2.05) is 0 Å². The molecular formula is C9H6NO6. The zero-order valence-corrected chi connectivity index (χ0v) is 7.72. The van der Waals surface area contributed by atoms with Gasteiger partial charge in [0.25, 0.3) is 0 Å². The van der Waals surface area contributed by atoms with Crippen LogP contribution >= 0.6 is 0 Å². The van der Waals surface area contributed by atoms with Crippen LogP contribution in [0.2, 0.25) is 0 Å². The summed E-state index contributed by atoms with van der Waals surface area (Å²) in [7, 11) is 0. The van der Waals surface area contributed by atoms with Crippen LogP contribution in [-0.2, 0) is 0 Å². The average Bonchev–Trinajstić information content (AvgIpc) is 2.16. The van der Waals surface area contributed by atoms with E-state index < -0.39 is 40.3 Å². The fourth-order valence-corrected chi connectivity index (χ4v) is 1.10. The molecule has 0 aromatic heterocycles. The predicted molar refractivity (Wildman–Crippen MR) is 50.1 cm³/mol. The molecule has 0 fully saturated rings. The first kappa shape index (κ1) is 11.5. The molecule has 0 spiro atoms. The quantitative estimate of drug-likeness (QED) is 0.691. The summed E-state index contributed by atoms with van der Waals surface area (Å²) >= 11 is 0. The van der Waals surface area contributed by atoms with Crippen molar-refractivity contribution in [2.75, 3.05) is 0 Å². The monoisotopic (exact) mass is 224 g/mol. The van der Waals surface area contributed by atoms with Crippen molar-refractivity contribution in [1.29, 1.82) is 0 Å². The second kappa shape index (κ2) is 3.89. The molecule has 16 heavy (non-hydrogen) atoms. The minimum absolute atomic E-state index is 0.481. The van der Waals surface area contributed by atoms with E-state index in [2.05, 4.69) is 0 Å². The Kier molecular flexibility index (Phi) is 2.80. The van der Waals surface area contributed by atoms with Crippen LogP contribution in [0, 0.1) is 0 Å². The van der Waals surface area contributed by atoms with Crippen LogP contribution < -0.4 is 5.73 Å². The minimum atomic E-state index is -1.55. The third-order valence-electron chi connectivity index (χ3n) is 1.85. The number of hydrogen-bond donors (Lipinski definition) is 3. The number of aromatic carboxylic acids is 3. The highest BCUT2D eigenvalue weighted by molar-refractivity contribution is 6.05. The molecule has 4 N–H and O–H groups in total. The zero-order valence-electron chi connectivity index (χ0n) is 7.72. The van der Waals surface area contributed by atoms with Gasteiger partial charge in [-0.3, -0.25) is 5.73 Å². The molecular weight excluding hydrogens is 218 g/mol. The molecule has 7 heteroatoms. The van der Waals surface area contributed by atoms with Gasteiger partial charge in [-0.2, -0.15) is 0 Å². The summed E-state index contributed by atoms with van der Waals surface area (Å²) in [5, 5.41) is 26.0. The molecule has 1 aromatic rings. The van der Waals surface area contributed by atoms with Gasteiger partial charge in [0.05, 0.1) is 22.4 Å². The number of carboxylic acids is 3. The number of carboxylic acid groups (broad SMARTS) is 3. The van der Waals surface area contributed by atoms with E-state index in [1.165, 1.54) is 0 Å². The maximum absolute atomic E-state index is 10.7. The van der Waals surface area contributed by atoms with Gasteiger partial charge in [0.1, 0.15) is 0 Å². The Balaban J connectivity index is 3.57. The Hall–Kier alpha value is -2.57. The van der Waals surface area contributed by atoms with E-state index in [1.54, 1.807) is 0 Å². The van der Waals surface area contributed by atoms with E-state index in [4.69, 9.17) is 21.1 Å². The standard InChI is InChI=1S/C9H6NO6/c10-6-4(8(13)14)1-3(7(11)12)2-5(6)9(15)16/h1-2,10H,(H,11,12)(H,13,14)(H,15,16). The second-order valence-electron chi connectivity index (χ2n) is 2.86. The molecule has 7 nitrogen and oxygen atoms in total. The van der Waals surface area contributed by atoms with E-state index in [0.29, 0.717) is 0 Å². The Labute approximate surface area is 88.7 Å². The second-order valence-corrected chi connectivity index (χ2v) is 2.86. The van der Waals surface area contributed by atoms with E-state index >= 15 is 0 Å². The molecule has 0 saturated carbocycles. The highest BCUT2D eigenvalue weighted by Crippen LogP contribution is 2.22. The number of hydrogen-bond acceptors (Lipinski definition) is 3. The summed E-state index contributed by atoms with van der Waals surface area (Å²) in [4.78, 5) is 31.9. The fourth-order valence-electron chi connectivity index (χ4n) is 1.10. The molecule has 0 aliphatic heterocycles. The normalized spacial score (nSPS) is 9.75. The lowest BCUT2D eigenvalue weighted by Gasteiger charge is -2.05. The molecule has 1 aromatic carbocycles. The largest absolute Gasteiger partial charge is 0.478 e. The first-order chi connectivity index (χ1) is 7.34. The summed E-state index contributed by atoms with van der Waals surface area (Å²) in [5.41, 5.74) is 4.78. The van der Waals surface area contributed by atoms with E-state index in [-0.39, 0.29) is 0 Å². The van der Waals surface area contributed by atoms with Gasteiger partial charge < -0.3 is 15.3 Å². The average molecular weight is 224 g/mol. The molecule has 0 amide bonds. The first-order valence-corrected chi connectivity index (χ1v) is 3.94. The SMILES string of the molecule is [NH]c1c(C(=O)O)cc(C(=O)O)cc1C(=O)O. The zero-order chi connectivity index (χ0) is 12.5. The molecule has 0 bridgehead atoms. The van der Waals surface area contributed by atoms with Crippen LogP contribution in [-0.4, -0.2) is 33.2 Å². The van der Waals surface area contributed by atoms with Crippen molar-refractivity contribution >= 4 is 23.6 Å². The van der Waals surface area contributed by atoms with Crippen molar-refractivity contribution in [2.45, 2.75) is 0 Å². The van der Waals surface area contributed by atoms with Crippen molar-refractivity contribution in [1.82, 2.24) is 5.73 Å². The van der Waals surface area contributed by atoms with E-state index in [0.717, 1.165) is 12.1 Å². The predicted octanol–water partition coefficient (Wildman–Crippen LogP) is 0.696. The first-order valence-electron chi connectivity index (χ1n) is 3.94. The summed E-state index contributed by atoms with van der Waals surface area (Å²) in [6.07, 6.45) is 0. The molecule has 83 valence electrons. The molecule has 1 radical (unpaired) electrons. The van der Waals surface area contributed by atoms with Crippen molar-refractivity contribution in [3.8, 4) is 0 Å². The smallest absolute Gasteiger partial charge is 0.337 e. The molecule has 0 unspecified atom stereocenters. The summed E-state index contributed by atoms with van der Waals surface area (Å²) < 4.78 is 0. The fraction of sp³-hybridized carbons (Fsp3) is 0. The minimum Gasteiger partial charge on any atom is -0.478 e. The van der Waals surface area contributed by atoms with Crippen molar-refractivity contribution in [3.05, 3.63) is 28.8 Å². The van der Waals surface area contributed by atoms with Gasteiger partial charge >= 0.3 is 17.9 Å². The lowest BCUT2D eigenvalue weighted by molar-refractivity contribution is 0.0696. The summed E-state index contributed by atoms with van der Waals surface area (Å²) in [6, 6.07) is 1.50. The molecule has 0 aliphatic rings. The van der Waals surface area contributed by atoms with Crippen LogP contribution in [0.5, 0.6) is 0 Å². The Bertz CT molecular complexity index is 458. The topological polar surface area (TPSA) is 136 Å². The number of carbonyl (C=O) groups is 3. The molecule has 1 rings (SSSR count). The van der Waals surface area contributed by atoms with Crippen LogP contribution in [0.25, 0.3) is 0 Å². The maximum Gasteiger partial charge on any atom is 0.337 e. The Morgan fingerprint density at radius 2 is 1.25 bits per heavy atom. The Morgan fingerprint density at radius 1 is 0.875 bits per heavy atom. The highest BCUT2D eigenvalue weighted by atomic mass is 16.4. The van der Waals surface area contributed by atoms with E-state index in [9.17, 15) is 14.4 Å². The molecule has 0 saturated heterocycles. The van der Waals surface area contributed by atoms with Crippen molar-refractivity contribution in [2.24, 2.45) is 0 Å². The number of rotatable bonds is 3. The van der Waals surface area contributed by atoms with Crippen LogP contribution in [0.15, 0.2) is 12.1 Å². The van der Waals surface area contributed by atoms with Gasteiger partial charge in [-0.05, 0) is 12.1 Å². The van der Waals surface area contributed by atoms with Gasteiger partial charge in [-0.25, -0.2) is 14.4 Å². The van der Waals surface area contributed by atoms with Crippen LogP contribution in [0.4, 0.5) is 5.69 Å². The molecule has 0 aliphatic carbocycles. The van der Waals surface area contributed by atoms with Gasteiger partial charge in [-0.15, -0.1) is 0 Å². The number of nitrogens with one attached hydrogen (secondary N) is 1. The lowest BCUT2D eigenvalue weighted by atomic mass is 10.0.